The van der Waals surface area contributed by atoms with Gasteiger partial charge in [-0.15, -0.1) is 11.3 Å². The molecular formula is C15H14F2N2O3S2. The molecule has 3 rings (SSSR count). The molecule has 9 heteroatoms. The summed E-state index contributed by atoms with van der Waals surface area (Å²) < 4.78 is 53.3. The molecule has 0 bridgehead atoms. The lowest BCUT2D eigenvalue weighted by Gasteiger charge is -2.22. The first-order valence-electron chi connectivity index (χ1n) is 7.21. The van der Waals surface area contributed by atoms with Gasteiger partial charge in [0.05, 0.1) is 5.69 Å². The number of carbonyl (C=O) groups is 1. The van der Waals surface area contributed by atoms with Gasteiger partial charge in [-0.3, -0.25) is 4.79 Å². The van der Waals surface area contributed by atoms with Crippen molar-refractivity contribution in [2.24, 2.45) is 0 Å². The lowest BCUT2D eigenvalue weighted by molar-refractivity contribution is -0.119. The molecule has 1 fully saturated rings. The van der Waals surface area contributed by atoms with E-state index in [9.17, 15) is 22.0 Å². The van der Waals surface area contributed by atoms with E-state index in [2.05, 4.69) is 5.32 Å². The number of benzene rings is 1. The number of carbonyl (C=O) groups excluding carboxylic acids is 1. The zero-order valence-corrected chi connectivity index (χ0v) is 14.0. The Labute approximate surface area is 142 Å². The minimum absolute atomic E-state index is 0.152. The van der Waals surface area contributed by atoms with Crippen molar-refractivity contribution in [3.63, 3.8) is 0 Å². The van der Waals surface area contributed by atoms with Crippen molar-refractivity contribution in [3.8, 4) is 0 Å². The normalized spacial score (nSPS) is 18.7. The van der Waals surface area contributed by atoms with Crippen molar-refractivity contribution in [2.45, 2.75) is 23.1 Å². The summed E-state index contributed by atoms with van der Waals surface area (Å²) in [4.78, 5) is 12.4. The maximum atomic E-state index is 13.7. The molecule has 1 saturated heterocycles. The van der Waals surface area contributed by atoms with E-state index in [1.165, 1.54) is 6.07 Å². The molecule has 2 aromatic rings. The molecule has 1 amide bonds. The van der Waals surface area contributed by atoms with Gasteiger partial charge in [-0.05, 0) is 36.4 Å². The Balaban J connectivity index is 1.83. The van der Waals surface area contributed by atoms with E-state index in [1.54, 1.807) is 11.4 Å². The SMILES string of the molecule is O=C(Nc1cc(F)ccc1F)[C@@H]1CCCN1S(=O)(=O)c1cccs1. The number of nitrogens with one attached hydrogen (secondary N) is 1. The van der Waals surface area contributed by atoms with Crippen LogP contribution in [0.4, 0.5) is 14.5 Å². The predicted octanol–water partition coefficient (Wildman–Crippen LogP) is 2.82. The van der Waals surface area contributed by atoms with Crippen LogP contribution < -0.4 is 5.32 Å². The average Bonchev–Trinajstić information content (AvgIpc) is 3.21. The van der Waals surface area contributed by atoms with Gasteiger partial charge in [-0.1, -0.05) is 6.07 Å². The van der Waals surface area contributed by atoms with Crippen LogP contribution in [0.1, 0.15) is 12.8 Å². The summed E-state index contributed by atoms with van der Waals surface area (Å²) in [5.74, 6) is -2.14. The first kappa shape index (κ1) is 17.0. The third kappa shape index (κ3) is 3.19. The molecule has 1 aliphatic rings. The van der Waals surface area contributed by atoms with Crippen LogP contribution in [0.3, 0.4) is 0 Å². The average molecular weight is 372 g/mol. The van der Waals surface area contributed by atoms with Crippen molar-refractivity contribution in [1.29, 1.82) is 0 Å². The quantitative estimate of drug-likeness (QED) is 0.897. The van der Waals surface area contributed by atoms with Crippen LogP contribution in [0.2, 0.25) is 0 Å². The minimum atomic E-state index is -3.78. The number of hydrogen-bond acceptors (Lipinski definition) is 4. The van der Waals surface area contributed by atoms with E-state index in [-0.39, 0.29) is 16.4 Å². The lowest BCUT2D eigenvalue weighted by atomic mass is 10.2. The van der Waals surface area contributed by atoms with Crippen molar-refractivity contribution < 1.29 is 22.0 Å². The Hall–Kier alpha value is -1.84. The van der Waals surface area contributed by atoms with Gasteiger partial charge in [0.1, 0.15) is 21.9 Å². The summed E-state index contributed by atoms with van der Waals surface area (Å²) in [6.45, 7) is 0.212. The number of halogens is 2. The van der Waals surface area contributed by atoms with E-state index >= 15 is 0 Å². The second-order valence-electron chi connectivity index (χ2n) is 5.32. The maximum absolute atomic E-state index is 13.7. The highest BCUT2D eigenvalue weighted by Gasteiger charge is 2.40. The molecule has 0 aliphatic carbocycles. The Morgan fingerprint density at radius 3 is 2.79 bits per heavy atom. The van der Waals surface area contributed by atoms with Crippen LogP contribution in [-0.2, 0) is 14.8 Å². The van der Waals surface area contributed by atoms with E-state index in [1.807, 2.05) is 0 Å². The van der Waals surface area contributed by atoms with Gasteiger partial charge < -0.3 is 5.32 Å². The fourth-order valence-corrected chi connectivity index (χ4v) is 5.40. The molecule has 1 N–H and O–H groups in total. The molecule has 1 aromatic carbocycles. The number of rotatable bonds is 4. The third-order valence-electron chi connectivity index (χ3n) is 3.75. The Bertz CT molecular complexity index is 854. The van der Waals surface area contributed by atoms with Crippen molar-refractivity contribution in [2.75, 3.05) is 11.9 Å². The molecule has 1 atom stereocenters. The van der Waals surface area contributed by atoms with E-state index < -0.39 is 33.6 Å². The highest BCUT2D eigenvalue weighted by Crippen LogP contribution is 2.29. The molecular weight excluding hydrogens is 358 g/mol. The van der Waals surface area contributed by atoms with Crippen molar-refractivity contribution in [3.05, 3.63) is 47.3 Å². The smallest absolute Gasteiger partial charge is 0.253 e. The van der Waals surface area contributed by atoms with Gasteiger partial charge in [0.15, 0.2) is 0 Å². The maximum Gasteiger partial charge on any atom is 0.253 e. The van der Waals surface area contributed by atoms with Gasteiger partial charge in [-0.2, -0.15) is 4.31 Å². The number of nitrogens with zero attached hydrogens (tertiary/aromatic N) is 1. The lowest BCUT2D eigenvalue weighted by Crippen LogP contribution is -2.43. The molecule has 2 heterocycles. The summed E-state index contributed by atoms with van der Waals surface area (Å²) in [6.07, 6.45) is 0.849. The van der Waals surface area contributed by atoms with Crippen LogP contribution in [0.25, 0.3) is 0 Å². The summed E-state index contributed by atoms with van der Waals surface area (Å²) >= 11 is 1.07. The molecule has 128 valence electrons. The molecule has 1 aliphatic heterocycles. The van der Waals surface area contributed by atoms with E-state index in [4.69, 9.17) is 0 Å². The summed E-state index contributed by atoms with van der Waals surface area (Å²) in [5, 5.41) is 3.92. The van der Waals surface area contributed by atoms with Crippen LogP contribution >= 0.6 is 11.3 Å². The summed E-state index contributed by atoms with van der Waals surface area (Å²) in [7, 11) is -3.78. The van der Waals surface area contributed by atoms with E-state index in [0.717, 1.165) is 33.8 Å². The number of thiophene rings is 1. The van der Waals surface area contributed by atoms with Gasteiger partial charge in [0.2, 0.25) is 5.91 Å². The summed E-state index contributed by atoms with van der Waals surface area (Å²) in [6, 6.07) is 4.85. The van der Waals surface area contributed by atoms with Gasteiger partial charge in [0.25, 0.3) is 10.0 Å². The first-order valence-corrected chi connectivity index (χ1v) is 9.53. The molecule has 0 unspecified atom stereocenters. The zero-order chi connectivity index (χ0) is 17.3. The molecule has 24 heavy (non-hydrogen) atoms. The van der Waals surface area contributed by atoms with Crippen LogP contribution in [-0.4, -0.2) is 31.2 Å². The molecule has 5 nitrogen and oxygen atoms in total. The second kappa shape index (κ2) is 6.58. The van der Waals surface area contributed by atoms with Gasteiger partial charge in [-0.25, -0.2) is 17.2 Å². The monoisotopic (exact) mass is 372 g/mol. The number of hydrogen-bond donors (Lipinski definition) is 1. The largest absolute Gasteiger partial charge is 0.322 e. The third-order valence-corrected chi connectivity index (χ3v) is 7.03. The van der Waals surface area contributed by atoms with Gasteiger partial charge in [0, 0.05) is 12.6 Å². The number of amides is 1. The summed E-state index contributed by atoms with van der Waals surface area (Å²) in [5.41, 5.74) is -0.305. The topological polar surface area (TPSA) is 66.5 Å². The van der Waals surface area contributed by atoms with Crippen molar-refractivity contribution >= 4 is 33.0 Å². The van der Waals surface area contributed by atoms with Crippen molar-refractivity contribution in [1.82, 2.24) is 4.31 Å². The second-order valence-corrected chi connectivity index (χ2v) is 8.38. The molecule has 0 radical (unpaired) electrons. The fourth-order valence-electron chi connectivity index (χ4n) is 2.63. The first-order chi connectivity index (χ1) is 11.4. The fraction of sp³-hybridized carbons (Fsp3) is 0.267. The Morgan fingerprint density at radius 2 is 2.08 bits per heavy atom. The highest BCUT2D eigenvalue weighted by atomic mass is 32.2. The van der Waals surface area contributed by atoms with Gasteiger partial charge >= 0.3 is 0 Å². The standard InChI is InChI=1S/C15H14F2N2O3S2/c16-10-5-6-11(17)12(9-10)18-15(20)13-3-1-7-19(13)24(21,22)14-4-2-8-23-14/h2,4-6,8-9,13H,1,3,7H2,(H,18,20)/t13-/m0/s1. The predicted molar refractivity (Wildman–Crippen MR) is 86.2 cm³/mol. The Kier molecular flexibility index (Phi) is 4.66. The zero-order valence-electron chi connectivity index (χ0n) is 12.4. The van der Waals surface area contributed by atoms with E-state index in [0.29, 0.717) is 12.8 Å². The van der Waals surface area contributed by atoms with Crippen LogP contribution in [0.15, 0.2) is 39.9 Å². The number of sulfonamides is 1. The Morgan fingerprint density at radius 1 is 1.29 bits per heavy atom. The molecule has 1 aromatic heterocycles. The molecule has 0 spiro atoms. The minimum Gasteiger partial charge on any atom is -0.322 e. The number of anilines is 1. The van der Waals surface area contributed by atoms with Crippen LogP contribution in [0, 0.1) is 11.6 Å². The van der Waals surface area contributed by atoms with Crippen LogP contribution in [0.5, 0.6) is 0 Å². The molecule has 0 saturated carbocycles. The highest BCUT2D eigenvalue weighted by molar-refractivity contribution is 7.91.